The van der Waals surface area contributed by atoms with Crippen LogP contribution in [0.25, 0.3) is 72.7 Å². The van der Waals surface area contributed by atoms with Crippen molar-refractivity contribution in [3.8, 4) is 39.6 Å². The predicted molar refractivity (Wildman–Crippen MR) is 268 cm³/mol. The van der Waals surface area contributed by atoms with Crippen molar-refractivity contribution in [3.63, 3.8) is 0 Å². The third-order valence-electron chi connectivity index (χ3n) is 12.1. The summed E-state index contributed by atoms with van der Waals surface area (Å²) in [6.07, 6.45) is 3.24. The number of imidazole rings is 1. The topological polar surface area (TPSA) is 56.7 Å². The first-order valence-electron chi connectivity index (χ1n) is 22.5. The maximum absolute atomic E-state index is 6.71. The quantitative estimate of drug-likeness (QED) is 0.107. The van der Waals surface area contributed by atoms with Gasteiger partial charge in [-0.05, 0) is 95.4 Å². The Morgan fingerprint density at radius 1 is 0.703 bits per heavy atom. The van der Waals surface area contributed by atoms with Gasteiger partial charge in [0.2, 0.25) is 5.71 Å². The number of aryl methyl sites for hydroxylation is 3. The van der Waals surface area contributed by atoms with Crippen LogP contribution in [0.5, 0.6) is 0 Å². The summed E-state index contributed by atoms with van der Waals surface area (Å²) < 4.78 is 9.04. The molecule has 0 aliphatic rings. The van der Waals surface area contributed by atoms with Gasteiger partial charge in [0.1, 0.15) is 0 Å². The van der Waals surface area contributed by atoms with Crippen molar-refractivity contribution in [2.24, 2.45) is 5.92 Å². The minimum atomic E-state index is -1.34. The zero-order valence-corrected chi connectivity index (χ0v) is 42.8. The molecular formula is C57H60IrN4OSi-2. The fourth-order valence-corrected chi connectivity index (χ4v) is 10.6. The van der Waals surface area contributed by atoms with Gasteiger partial charge in [0.05, 0.1) is 36.2 Å². The van der Waals surface area contributed by atoms with Crippen LogP contribution in [0.3, 0.4) is 0 Å². The Morgan fingerprint density at radius 2 is 1.38 bits per heavy atom. The van der Waals surface area contributed by atoms with Crippen LogP contribution in [0.2, 0.25) is 19.6 Å². The average molecular weight is 1040 g/mol. The summed E-state index contributed by atoms with van der Waals surface area (Å²) in [6.45, 7) is 27.2. The minimum Gasteiger partial charge on any atom is -0.486 e. The van der Waals surface area contributed by atoms with E-state index >= 15 is 0 Å². The second-order valence-electron chi connectivity index (χ2n) is 19.2. The normalized spacial score (nSPS) is 11.8. The van der Waals surface area contributed by atoms with Crippen LogP contribution in [0.1, 0.15) is 86.8 Å². The molecule has 0 aliphatic heterocycles. The van der Waals surface area contributed by atoms with E-state index in [1.54, 1.807) is 0 Å². The number of pyridine rings is 2. The summed E-state index contributed by atoms with van der Waals surface area (Å²) >= 11 is 0. The van der Waals surface area contributed by atoms with Gasteiger partial charge in [0.25, 0.3) is 0 Å². The van der Waals surface area contributed by atoms with E-state index in [0.29, 0.717) is 23.5 Å². The standard InChI is InChI=1S/C39H36N3O.C18H24NSi.Ir/c1-22(2)27-14-11-15-28(23(3)4)36(27)42-33-17-9-8-16-31(33)40-38(42)30-19-18-26(7)35-29-20-21-32(41-39(29)43-37(30)35)34-24(5)12-10-13-25(34)6;1-14(2)11-16-12-17(15-9-7-6-8-10-15)19-13-18(16)20(3,4)5;/h8-18,20-23H,1-7H3;6-9,12-14H,11H2,1-5H3;/q2*-1;. The minimum absolute atomic E-state index is 0. The summed E-state index contributed by atoms with van der Waals surface area (Å²) in [6, 6.07) is 45.0. The van der Waals surface area contributed by atoms with Gasteiger partial charge < -0.3 is 14.0 Å². The number of hydrogen-bond acceptors (Lipinski definition) is 4. The number of nitrogens with zero attached hydrogens (tertiary/aromatic N) is 4. The number of furan rings is 1. The molecule has 0 fully saturated rings. The van der Waals surface area contributed by atoms with Crippen molar-refractivity contribution >= 4 is 46.4 Å². The number of benzene rings is 5. The monoisotopic (exact) mass is 1040 g/mol. The van der Waals surface area contributed by atoms with Gasteiger partial charge in [-0.3, -0.25) is 4.98 Å². The van der Waals surface area contributed by atoms with Crippen molar-refractivity contribution in [2.45, 2.75) is 100 Å². The van der Waals surface area contributed by atoms with E-state index < -0.39 is 8.07 Å². The third kappa shape index (κ3) is 9.09. The molecule has 0 amide bonds. The van der Waals surface area contributed by atoms with Gasteiger partial charge in [-0.15, -0.1) is 53.6 Å². The molecule has 4 aromatic heterocycles. The van der Waals surface area contributed by atoms with Crippen molar-refractivity contribution in [1.82, 2.24) is 19.5 Å². The van der Waals surface area contributed by atoms with Crippen LogP contribution < -0.4 is 5.19 Å². The van der Waals surface area contributed by atoms with Crippen molar-refractivity contribution in [1.29, 1.82) is 0 Å². The molecule has 0 spiro atoms. The number of para-hydroxylation sites is 3. The van der Waals surface area contributed by atoms with Crippen LogP contribution >= 0.6 is 0 Å². The van der Waals surface area contributed by atoms with Gasteiger partial charge in [0.15, 0.2) is 0 Å². The van der Waals surface area contributed by atoms with E-state index in [1.165, 1.54) is 38.7 Å². The maximum atomic E-state index is 6.71. The Kier molecular flexibility index (Phi) is 13.8. The molecule has 0 N–H and O–H groups in total. The maximum Gasteiger partial charge on any atom is 0.216 e. The van der Waals surface area contributed by atoms with Crippen molar-refractivity contribution in [3.05, 3.63) is 161 Å². The molecule has 0 unspecified atom stereocenters. The van der Waals surface area contributed by atoms with Crippen molar-refractivity contribution < 1.29 is 24.5 Å². The van der Waals surface area contributed by atoms with E-state index in [4.69, 9.17) is 14.4 Å². The van der Waals surface area contributed by atoms with Crippen LogP contribution in [-0.2, 0) is 26.5 Å². The third-order valence-corrected chi connectivity index (χ3v) is 14.2. The van der Waals surface area contributed by atoms with Gasteiger partial charge in [-0.1, -0.05) is 139 Å². The first-order valence-corrected chi connectivity index (χ1v) is 26.0. The Morgan fingerprint density at radius 3 is 2.02 bits per heavy atom. The molecule has 1 radical (unpaired) electrons. The van der Waals surface area contributed by atoms with Crippen LogP contribution in [0, 0.1) is 38.8 Å². The van der Waals surface area contributed by atoms with Gasteiger partial charge in [-0.25, -0.2) is 4.98 Å². The summed E-state index contributed by atoms with van der Waals surface area (Å²) in [7, 11) is -1.34. The molecule has 329 valence electrons. The number of aromatic nitrogens is 4. The number of fused-ring (bicyclic) bond motifs is 4. The van der Waals surface area contributed by atoms with Crippen molar-refractivity contribution in [2.75, 3.05) is 0 Å². The molecule has 5 aromatic carbocycles. The zero-order valence-electron chi connectivity index (χ0n) is 39.4. The van der Waals surface area contributed by atoms with Crippen LogP contribution in [0.4, 0.5) is 0 Å². The Bertz CT molecular complexity index is 3050. The molecule has 9 rings (SSSR count). The summed E-state index contributed by atoms with van der Waals surface area (Å²) in [5.74, 6) is 2.17. The molecule has 9 aromatic rings. The number of rotatable bonds is 9. The molecule has 0 atom stereocenters. The Hall–Kier alpha value is -5.46. The molecule has 64 heavy (non-hydrogen) atoms. The molecule has 0 saturated heterocycles. The molecule has 5 nitrogen and oxygen atoms in total. The van der Waals surface area contributed by atoms with Gasteiger partial charge in [-0.2, -0.15) is 0 Å². The average Bonchev–Trinajstić information content (AvgIpc) is 3.83. The van der Waals surface area contributed by atoms with E-state index in [2.05, 4.69) is 201 Å². The molecular weight excluding hydrogens is 977 g/mol. The molecule has 7 heteroatoms. The SMILES string of the molecule is CC(C)Cc1cc(-c2[c-]cccc2)ncc1[Si](C)(C)C.Cc1cccc(C)c1-c1ccc2c(n1)oc1c(-c3nc4ccccc4n3-c3c(C(C)C)cccc3C(C)C)[c-]cc(C)c12.[Ir]. The largest absolute Gasteiger partial charge is 0.486 e. The summed E-state index contributed by atoms with van der Waals surface area (Å²) in [4.78, 5) is 15.0. The van der Waals surface area contributed by atoms with Crippen LogP contribution in [0.15, 0.2) is 120 Å². The van der Waals surface area contributed by atoms with E-state index in [-0.39, 0.29) is 20.1 Å². The molecule has 0 saturated carbocycles. The van der Waals surface area contributed by atoms with E-state index in [0.717, 1.165) is 73.3 Å². The second kappa shape index (κ2) is 18.9. The first-order chi connectivity index (χ1) is 30.1. The fourth-order valence-electron chi connectivity index (χ4n) is 9.06. The summed E-state index contributed by atoms with van der Waals surface area (Å²) in [5, 5.41) is 3.56. The van der Waals surface area contributed by atoms with Gasteiger partial charge >= 0.3 is 0 Å². The summed E-state index contributed by atoms with van der Waals surface area (Å²) in [5.41, 5.74) is 17.2. The Balaban J connectivity index is 0.000000246. The molecule has 0 bridgehead atoms. The van der Waals surface area contributed by atoms with Gasteiger partial charge in [0, 0.05) is 42.9 Å². The molecule has 0 aliphatic carbocycles. The first kappa shape index (κ1) is 46.5. The molecule has 4 heterocycles. The predicted octanol–water partition coefficient (Wildman–Crippen LogP) is 14.9. The number of hydrogen-bond donors (Lipinski definition) is 0. The Labute approximate surface area is 394 Å². The zero-order chi connectivity index (χ0) is 44.7. The van der Waals surface area contributed by atoms with Crippen LogP contribution in [-0.4, -0.2) is 27.6 Å². The van der Waals surface area contributed by atoms with E-state index in [9.17, 15) is 0 Å². The van der Waals surface area contributed by atoms with E-state index in [1.807, 2.05) is 18.2 Å². The fraction of sp³-hybridized carbons (Fsp3) is 0.281. The second-order valence-corrected chi connectivity index (χ2v) is 24.2. The smallest absolute Gasteiger partial charge is 0.216 e.